The Morgan fingerprint density at radius 1 is 1.13 bits per heavy atom. The summed E-state index contributed by atoms with van der Waals surface area (Å²) in [6.45, 7) is 0.993. The highest BCUT2D eigenvalue weighted by atomic mass is 32.2. The van der Waals surface area contributed by atoms with Gasteiger partial charge in [0.2, 0.25) is 5.91 Å². The minimum atomic E-state index is 0.0884. The fraction of sp³-hybridized carbons (Fsp3) is 0.316. The fourth-order valence-electron chi connectivity index (χ4n) is 2.79. The van der Waals surface area contributed by atoms with Crippen LogP contribution in [0.4, 0.5) is 5.69 Å². The molecule has 0 saturated carbocycles. The zero-order valence-corrected chi connectivity index (χ0v) is 13.9. The molecule has 0 aromatic heterocycles. The molecular formula is C19H22N2OS. The van der Waals surface area contributed by atoms with Gasteiger partial charge in [-0.2, -0.15) is 11.8 Å². The van der Waals surface area contributed by atoms with Crippen LogP contribution in [0.15, 0.2) is 54.6 Å². The third-order valence-electron chi connectivity index (χ3n) is 3.96. The number of amides is 1. The van der Waals surface area contributed by atoms with E-state index in [1.54, 1.807) is 0 Å². The largest absolute Gasteiger partial charge is 0.326 e. The molecule has 2 aromatic rings. The van der Waals surface area contributed by atoms with Crippen LogP contribution in [-0.2, 0) is 11.2 Å². The monoisotopic (exact) mass is 326 g/mol. The molecule has 23 heavy (non-hydrogen) atoms. The second kappa shape index (κ2) is 8.18. The number of hydrogen-bond donors (Lipinski definition) is 2. The van der Waals surface area contributed by atoms with Crippen molar-refractivity contribution in [3.05, 3.63) is 65.7 Å². The zero-order chi connectivity index (χ0) is 15.9. The molecule has 120 valence electrons. The van der Waals surface area contributed by atoms with E-state index in [0.29, 0.717) is 6.42 Å². The Labute approximate surface area is 141 Å². The molecule has 2 N–H and O–H groups in total. The molecule has 4 heteroatoms. The molecule has 1 fully saturated rings. The van der Waals surface area contributed by atoms with Crippen LogP contribution in [0, 0.1) is 0 Å². The number of carbonyl (C=O) groups is 1. The molecule has 1 atom stereocenters. The molecule has 0 radical (unpaired) electrons. The molecule has 1 amide bonds. The second-order valence-electron chi connectivity index (χ2n) is 5.80. The average molecular weight is 326 g/mol. The molecule has 1 saturated heterocycles. The maximum absolute atomic E-state index is 12.3. The lowest BCUT2D eigenvalue weighted by Crippen LogP contribution is -2.39. The van der Waals surface area contributed by atoms with Crippen molar-refractivity contribution in [2.24, 2.45) is 0 Å². The van der Waals surface area contributed by atoms with E-state index in [4.69, 9.17) is 0 Å². The molecular weight excluding hydrogens is 304 g/mol. The van der Waals surface area contributed by atoms with Gasteiger partial charge in [-0.25, -0.2) is 0 Å². The quantitative estimate of drug-likeness (QED) is 0.886. The Bertz CT molecular complexity index is 639. The van der Waals surface area contributed by atoms with E-state index in [2.05, 4.69) is 28.8 Å². The number of hydrogen-bond acceptors (Lipinski definition) is 3. The first-order valence-corrected chi connectivity index (χ1v) is 9.19. The van der Waals surface area contributed by atoms with Gasteiger partial charge in [0.1, 0.15) is 0 Å². The van der Waals surface area contributed by atoms with Crippen molar-refractivity contribution in [2.75, 3.05) is 23.4 Å². The normalized spacial score (nSPS) is 17.7. The number of anilines is 1. The third-order valence-corrected chi connectivity index (χ3v) is 5.09. The SMILES string of the molecule is O=C(CC1CSCCN1)Nc1ccccc1Cc1ccccc1. The van der Waals surface area contributed by atoms with Gasteiger partial charge in [0.25, 0.3) is 0 Å². The summed E-state index contributed by atoms with van der Waals surface area (Å²) in [5, 5.41) is 6.50. The highest BCUT2D eigenvalue weighted by molar-refractivity contribution is 7.99. The van der Waals surface area contributed by atoms with Gasteiger partial charge < -0.3 is 10.6 Å². The number of nitrogens with one attached hydrogen (secondary N) is 2. The summed E-state index contributed by atoms with van der Waals surface area (Å²) in [5.41, 5.74) is 3.32. The Morgan fingerprint density at radius 2 is 1.91 bits per heavy atom. The molecule has 1 aliphatic heterocycles. The summed E-state index contributed by atoms with van der Waals surface area (Å²) in [6.07, 6.45) is 1.36. The van der Waals surface area contributed by atoms with E-state index in [1.807, 2.05) is 48.2 Å². The fourth-order valence-corrected chi connectivity index (χ4v) is 3.74. The van der Waals surface area contributed by atoms with Gasteiger partial charge in [-0.05, 0) is 23.6 Å². The highest BCUT2D eigenvalue weighted by Crippen LogP contribution is 2.20. The Kier molecular flexibility index (Phi) is 5.72. The minimum absolute atomic E-state index is 0.0884. The van der Waals surface area contributed by atoms with Crippen LogP contribution >= 0.6 is 11.8 Å². The van der Waals surface area contributed by atoms with Crippen molar-refractivity contribution in [1.82, 2.24) is 5.32 Å². The van der Waals surface area contributed by atoms with E-state index in [0.717, 1.165) is 35.7 Å². The lowest BCUT2D eigenvalue weighted by Gasteiger charge is -2.22. The van der Waals surface area contributed by atoms with Gasteiger partial charge in [0, 0.05) is 36.2 Å². The molecule has 3 rings (SSSR count). The smallest absolute Gasteiger partial charge is 0.225 e. The first-order chi connectivity index (χ1) is 11.3. The van der Waals surface area contributed by atoms with Gasteiger partial charge in [-0.3, -0.25) is 4.79 Å². The third kappa shape index (κ3) is 4.85. The van der Waals surface area contributed by atoms with Crippen LogP contribution in [0.5, 0.6) is 0 Å². The van der Waals surface area contributed by atoms with E-state index in [1.165, 1.54) is 5.56 Å². The first kappa shape index (κ1) is 16.1. The minimum Gasteiger partial charge on any atom is -0.326 e. The zero-order valence-electron chi connectivity index (χ0n) is 13.1. The molecule has 0 spiro atoms. The number of rotatable bonds is 5. The number of para-hydroxylation sites is 1. The number of thioether (sulfide) groups is 1. The summed E-state index contributed by atoms with van der Waals surface area (Å²) in [7, 11) is 0. The Hall–Kier alpha value is -1.78. The topological polar surface area (TPSA) is 41.1 Å². The van der Waals surface area contributed by atoms with Crippen molar-refractivity contribution >= 4 is 23.4 Å². The first-order valence-electron chi connectivity index (χ1n) is 8.04. The number of carbonyl (C=O) groups excluding carboxylic acids is 1. The molecule has 3 nitrogen and oxygen atoms in total. The van der Waals surface area contributed by atoms with Gasteiger partial charge in [0.15, 0.2) is 0 Å². The van der Waals surface area contributed by atoms with E-state index >= 15 is 0 Å². The summed E-state index contributed by atoms with van der Waals surface area (Å²) in [4.78, 5) is 12.3. The molecule has 0 bridgehead atoms. The van der Waals surface area contributed by atoms with Gasteiger partial charge in [-0.15, -0.1) is 0 Å². The summed E-state index contributed by atoms with van der Waals surface area (Å²) < 4.78 is 0. The molecule has 1 aliphatic rings. The summed E-state index contributed by atoms with van der Waals surface area (Å²) >= 11 is 1.91. The van der Waals surface area contributed by atoms with Crippen molar-refractivity contribution in [3.8, 4) is 0 Å². The second-order valence-corrected chi connectivity index (χ2v) is 6.95. The van der Waals surface area contributed by atoms with Crippen molar-refractivity contribution < 1.29 is 4.79 Å². The predicted octanol–water partition coefficient (Wildman–Crippen LogP) is 3.31. The lowest BCUT2D eigenvalue weighted by atomic mass is 10.0. The van der Waals surface area contributed by atoms with Gasteiger partial charge >= 0.3 is 0 Å². The van der Waals surface area contributed by atoms with Crippen LogP contribution in [0.3, 0.4) is 0 Å². The Balaban J connectivity index is 1.64. The van der Waals surface area contributed by atoms with Crippen LogP contribution in [0.2, 0.25) is 0 Å². The van der Waals surface area contributed by atoms with E-state index in [9.17, 15) is 4.79 Å². The molecule has 2 aromatic carbocycles. The summed E-state index contributed by atoms with van der Waals surface area (Å²) in [6, 6.07) is 18.7. The lowest BCUT2D eigenvalue weighted by molar-refractivity contribution is -0.116. The van der Waals surface area contributed by atoms with Crippen LogP contribution in [-0.4, -0.2) is 30.0 Å². The maximum Gasteiger partial charge on any atom is 0.225 e. The predicted molar refractivity (Wildman–Crippen MR) is 98.1 cm³/mol. The van der Waals surface area contributed by atoms with Crippen LogP contribution < -0.4 is 10.6 Å². The molecule has 1 unspecified atom stereocenters. The van der Waals surface area contributed by atoms with E-state index in [-0.39, 0.29) is 11.9 Å². The van der Waals surface area contributed by atoms with E-state index < -0.39 is 0 Å². The number of benzene rings is 2. The highest BCUT2D eigenvalue weighted by Gasteiger charge is 2.17. The average Bonchev–Trinajstić information content (AvgIpc) is 2.58. The van der Waals surface area contributed by atoms with Crippen molar-refractivity contribution in [1.29, 1.82) is 0 Å². The van der Waals surface area contributed by atoms with Crippen molar-refractivity contribution in [2.45, 2.75) is 18.9 Å². The van der Waals surface area contributed by atoms with Gasteiger partial charge in [-0.1, -0.05) is 48.5 Å². The molecule has 1 heterocycles. The maximum atomic E-state index is 12.3. The molecule has 0 aliphatic carbocycles. The van der Waals surface area contributed by atoms with Crippen LogP contribution in [0.1, 0.15) is 17.5 Å². The van der Waals surface area contributed by atoms with Crippen molar-refractivity contribution in [3.63, 3.8) is 0 Å². The van der Waals surface area contributed by atoms with Crippen LogP contribution in [0.25, 0.3) is 0 Å². The van der Waals surface area contributed by atoms with Gasteiger partial charge in [0.05, 0.1) is 0 Å². The standard InChI is InChI=1S/C19H22N2OS/c22-19(13-17-14-23-11-10-20-17)21-18-9-5-4-8-16(18)12-15-6-2-1-3-7-15/h1-9,17,20H,10-14H2,(H,21,22). The Morgan fingerprint density at radius 3 is 2.70 bits per heavy atom. The summed E-state index contributed by atoms with van der Waals surface area (Å²) in [5.74, 6) is 2.24.